The molecular formula is C13H22N4O2S2. The molecule has 1 atom stereocenters. The summed E-state index contributed by atoms with van der Waals surface area (Å²) in [7, 11) is -3.59. The van der Waals surface area contributed by atoms with E-state index in [1.807, 2.05) is 33.1 Å². The van der Waals surface area contributed by atoms with Gasteiger partial charge in [-0.3, -0.25) is 4.40 Å². The molecule has 1 unspecified atom stereocenters. The predicted octanol–water partition coefficient (Wildman–Crippen LogP) is 2.64. The van der Waals surface area contributed by atoms with Crippen molar-refractivity contribution >= 4 is 32.1 Å². The van der Waals surface area contributed by atoms with Gasteiger partial charge >= 0.3 is 0 Å². The summed E-state index contributed by atoms with van der Waals surface area (Å²) in [5.41, 5.74) is 0. The Morgan fingerprint density at radius 1 is 1.43 bits per heavy atom. The molecule has 2 aromatic rings. The molecule has 118 valence electrons. The Kier molecular flexibility index (Phi) is 4.90. The Labute approximate surface area is 129 Å². The molecule has 1 N–H and O–H groups in total. The van der Waals surface area contributed by atoms with Gasteiger partial charge in [-0.1, -0.05) is 13.8 Å². The first-order valence-corrected chi connectivity index (χ1v) is 9.50. The second kappa shape index (κ2) is 6.33. The number of nitrogens with zero attached hydrogens (tertiary/aromatic N) is 3. The normalized spacial score (nSPS) is 14.0. The third-order valence-electron chi connectivity index (χ3n) is 3.51. The molecule has 0 spiro atoms. The van der Waals surface area contributed by atoms with Crippen molar-refractivity contribution in [3.63, 3.8) is 0 Å². The Balaban J connectivity index is 2.62. The molecule has 0 saturated carbocycles. The van der Waals surface area contributed by atoms with Crippen LogP contribution in [0.25, 0.3) is 4.96 Å². The summed E-state index contributed by atoms with van der Waals surface area (Å²) in [5.74, 6) is 0.436. The van der Waals surface area contributed by atoms with Gasteiger partial charge in [0.1, 0.15) is 0 Å². The van der Waals surface area contributed by atoms with Crippen LogP contribution in [0.3, 0.4) is 0 Å². The summed E-state index contributed by atoms with van der Waals surface area (Å²) in [5, 5.41) is 5.15. The van der Waals surface area contributed by atoms with Crippen molar-refractivity contribution in [2.45, 2.75) is 45.2 Å². The second-order valence-corrected chi connectivity index (χ2v) is 7.50. The number of hydrogen-bond acceptors (Lipinski definition) is 5. The maximum absolute atomic E-state index is 13.1. The molecule has 0 amide bonds. The maximum Gasteiger partial charge on any atom is 0.263 e. The van der Waals surface area contributed by atoms with Gasteiger partial charge in [-0.05, 0) is 20.3 Å². The van der Waals surface area contributed by atoms with E-state index in [4.69, 9.17) is 0 Å². The number of sulfonamides is 1. The van der Waals surface area contributed by atoms with Crippen molar-refractivity contribution in [1.29, 1.82) is 0 Å². The van der Waals surface area contributed by atoms with Gasteiger partial charge in [-0.2, -0.15) is 4.31 Å². The Bertz CT molecular complexity index is 705. The van der Waals surface area contributed by atoms with Crippen molar-refractivity contribution in [3.05, 3.63) is 11.6 Å². The zero-order valence-corrected chi connectivity index (χ0v) is 14.5. The fraction of sp³-hybridized carbons (Fsp3) is 0.615. The van der Waals surface area contributed by atoms with E-state index in [1.54, 1.807) is 10.6 Å². The highest BCUT2D eigenvalue weighted by Gasteiger charge is 2.33. The van der Waals surface area contributed by atoms with Crippen LogP contribution in [0.1, 0.15) is 34.1 Å². The minimum absolute atomic E-state index is 0.0429. The van der Waals surface area contributed by atoms with Crippen LogP contribution < -0.4 is 5.32 Å². The third kappa shape index (κ3) is 2.79. The highest BCUT2D eigenvalue weighted by molar-refractivity contribution is 7.89. The maximum atomic E-state index is 13.1. The van der Waals surface area contributed by atoms with Gasteiger partial charge in [0.15, 0.2) is 15.8 Å². The van der Waals surface area contributed by atoms with Gasteiger partial charge in [0.05, 0.1) is 0 Å². The number of nitrogens with one attached hydrogen (secondary N) is 1. The molecule has 0 fully saturated rings. The average Bonchev–Trinajstić information content (AvgIpc) is 2.99. The fourth-order valence-electron chi connectivity index (χ4n) is 2.33. The smallest absolute Gasteiger partial charge is 0.263 e. The summed E-state index contributed by atoms with van der Waals surface area (Å²) >= 11 is 1.43. The summed E-state index contributed by atoms with van der Waals surface area (Å²) in [6.45, 7) is 8.78. The molecule has 0 aliphatic carbocycles. The molecule has 0 saturated heterocycles. The molecule has 2 heterocycles. The van der Waals surface area contributed by atoms with Crippen LogP contribution in [0.4, 0.5) is 5.82 Å². The van der Waals surface area contributed by atoms with Gasteiger partial charge < -0.3 is 5.32 Å². The minimum atomic E-state index is -3.59. The topological polar surface area (TPSA) is 66.7 Å². The molecule has 2 rings (SSSR count). The van der Waals surface area contributed by atoms with E-state index < -0.39 is 10.0 Å². The first kappa shape index (κ1) is 16.3. The van der Waals surface area contributed by atoms with Gasteiger partial charge in [0.25, 0.3) is 10.0 Å². The highest BCUT2D eigenvalue weighted by atomic mass is 32.2. The number of rotatable bonds is 7. The average molecular weight is 330 g/mol. The van der Waals surface area contributed by atoms with E-state index >= 15 is 0 Å². The van der Waals surface area contributed by atoms with Crippen LogP contribution in [-0.4, -0.2) is 41.2 Å². The minimum Gasteiger partial charge on any atom is -0.368 e. The van der Waals surface area contributed by atoms with E-state index in [-0.39, 0.29) is 11.1 Å². The fourth-order valence-corrected chi connectivity index (χ4v) is 5.04. The van der Waals surface area contributed by atoms with Crippen molar-refractivity contribution in [2.75, 3.05) is 18.4 Å². The van der Waals surface area contributed by atoms with E-state index in [2.05, 4.69) is 10.3 Å². The van der Waals surface area contributed by atoms with E-state index in [0.717, 1.165) is 6.42 Å². The van der Waals surface area contributed by atoms with Crippen molar-refractivity contribution in [1.82, 2.24) is 13.7 Å². The largest absolute Gasteiger partial charge is 0.368 e. The molecule has 0 bridgehead atoms. The number of aromatic nitrogens is 2. The molecule has 6 nitrogen and oxygen atoms in total. The monoisotopic (exact) mass is 330 g/mol. The summed E-state index contributed by atoms with van der Waals surface area (Å²) in [4.78, 5) is 5.08. The molecule has 0 aromatic carbocycles. The number of anilines is 1. The van der Waals surface area contributed by atoms with E-state index in [9.17, 15) is 8.42 Å². The molecule has 0 radical (unpaired) electrons. The number of hydrogen-bond donors (Lipinski definition) is 1. The summed E-state index contributed by atoms with van der Waals surface area (Å²) < 4.78 is 29.3. The third-order valence-corrected chi connectivity index (χ3v) is 6.38. The van der Waals surface area contributed by atoms with E-state index in [0.29, 0.717) is 23.9 Å². The SMILES string of the molecule is CCNc1nc2sccn2c1S(=O)(=O)N(CC)C(C)CC. The molecule has 0 aliphatic heterocycles. The Morgan fingerprint density at radius 2 is 2.14 bits per heavy atom. The lowest BCUT2D eigenvalue weighted by Crippen LogP contribution is -2.38. The quantitative estimate of drug-likeness (QED) is 0.847. The van der Waals surface area contributed by atoms with Crippen molar-refractivity contribution < 1.29 is 8.42 Å². The lowest BCUT2D eigenvalue weighted by atomic mass is 10.3. The van der Waals surface area contributed by atoms with Crippen molar-refractivity contribution in [2.24, 2.45) is 0 Å². The van der Waals surface area contributed by atoms with Crippen LogP contribution in [0.5, 0.6) is 0 Å². The van der Waals surface area contributed by atoms with Crippen LogP contribution in [0.2, 0.25) is 0 Å². The molecule has 2 aromatic heterocycles. The van der Waals surface area contributed by atoms with Crippen molar-refractivity contribution in [3.8, 4) is 0 Å². The van der Waals surface area contributed by atoms with Gasteiger partial charge in [0.2, 0.25) is 0 Å². The second-order valence-electron chi connectivity index (χ2n) is 4.82. The lowest BCUT2D eigenvalue weighted by Gasteiger charge is -2.26. The lowest BCUT2D eigenvalue weighted by molar-refractivity contribution is 0.341. The highest BCUT2D eigenvalue weighted by Crippen LogP contribution is 2.29. The molecule has 8 heteroatoms. The predicted molar refractivity (Wildman–Crippen MR) is 86.6 cm³/mol. The molecule has 21 heavy (non-hydrogen) atoms. The standard InChI is InChI=1S/C13H22N4O2S2/c1-5-10(4)17(7-3)21(18,19)12-11(14-6-2)15-13-16(12)8-9-20-13/h8-10,14H,5-7H2,1-4H3. The molecular weight excluding hydrogens is 308 g/mol. The Morgan fingerprint density at radius 3 is 2.71 bits per heavy atom. The van der Waals surface area contributed by atoms with Crippen LogP contribution >= 0.6 is 11.3 Å². The molecule has 0 aliphatic rings. The van der Waals surface area contributed by atoms with E-state index in [1.165, 1.54) is 15.6 Å². The zero-order chi connectivity index (χ0) is 15.6. The number of imidazole rings is 1. The van der Waals surface area contributed by atoms with Gasteiger partial charge in [-0.15, -0.1) is 11.3 Å². The van der Waals surface area contributed by atoms with Gasteiger partial charge in [0, 0.05) is 30.7 Å². The number of fused-ring (bicyclic) bond motifs is 1. The first-order chi connectivity index (χ1) is 9.97. The van der Waals surface area contributed by atoms with Gasteiger partial charge in [-0.25, -0.2) is 13.4 Å². The number of thiazole rings is 1. The summed E-state index contributed by atoms with van der Waals surface area (Å²) in [6.07, 6.45) is 2.53. The first-order valence-electron chi connectivity index (χ1n) is 7.18. The zero-order valence-electron chi connectivity index (χ0n) is 12.8. The summed E-state index contributed by atoms with van der Waals surface area (Å²) in [6, 6.07) is -0.0429. The van der Waals surface area contributed by atoms with Crippen LogP contribution in [0, 0.1) is 0 Å². The van der Waals surface area contributed by atoms with Crippen LogP contribution in [0.15, 0.2) is 16.6 Å². The Hall–Kier alpha value is -1.12. The van der Waals surface area contributed by atoms with Crippen LogP contribution in [-0.2, 0) is 10.0 Å².